The molecule has 7 heteroatoms. The summed E-state index contributed by atoms with van der Waals surface area (Å²) in [6, 6.07) is 7.93. The van der Waals surface area contributed by atoms with Gasteiger partial charge in [-0.1, -0.05) is 29.8 Å². The van der Waals surface area contributed by atoms with Crippen LogP contribution in [-0.2, 0) is 11.2 Å². The molecule has 0 bridgehead atoms. The summed E-state index contributed by atoms with van der Waals surface area (Å²) in [5.41, 5.74) is 2.93. The third-order valence-corrected chi connectivity index (χ3v) is 5.99. The van der Waals surface area contributed by atoms with Gasteiger partial charge in [-0.3, -0.25) is 5.10 Å². The first-order valence-electron chi connectivity index (χ1n) is 8.62. The molecule has 1 aromatic heterocycles. The van der Waals surface area contributed by atoms with E-state index < -0.39 is 11.2 Å². The monoisotopic (exact) mass is 364 g/mol. The number of H-pyrrole nitrogens is 1. The van der Waals surface area contributed by atoms with Gasteiger partial charge in [0, 0.05) is 31.6 Å². The molecule has 136 valence electrons. The van der Waals surface area contributed by atoms with E-state index in [0.717, 1.165) is 36.8 Å². The Labute approximate surface area is 150 Å². The number of benzene rings is 1. The van der Waals surface area contributed by atoms with Crippen LogP contribution in [0.5, 0.6) is 0 Å². The van der Waals surface area contributed by atoms with Crippen LogP contribution in [0.1, 0.15) is 42.9 Å². The van der Waals surface area contributed by atoms with E-state index in [2.05, 4.69) is 14.9 Å². The van der Waals surface area contributed by atoms with Gasteiger partial charge in [0.2, 0.25) is 0 Å². The first-order valence-corrected chi connectivity index (χ1v) is 9.72. The van der Waals surface area contributed by atoms with Crippen molar-refractivity contribution in [2.24, 2.45) is 0 Å². The lowest BCUT2D eigenvalue weighted by atomic mass is 9.84. The molecule has 3 rings (SSSR count). The van der Waals surface area contributed by atoms with Crippen molar-refractivity contribution in [3.63, 3.8) is 0 Å². The highest BCUT2D eigenvalue weighted by atomic mass is 32.2. The summed E-state index contributed by atoms with van der Waals surface area (Å²) in [6.45, 7) is 2.01. The van der Waals surface area contributed by atoms with Crippen molar-refractivity contribution in [1.29, 1.82) is 0 Å². The molecule has 1 saturated carbocycles. The lowest BCUT2D eigenvalue weighted by Crippen LogP contribution is -2.39. The second-order valence-corrected chi connectivity index (χ2v) is 8.36. The van der Waals surface area contributed by atoms with Gasteiger partial charge in [0.15, 0.2) is 17.0 Å². The van der Waals surface area contributed by atoms with E-state index in [-0.39, 0.29) is 17.8 Å². The average molecular weight is 364 g/mol. The number of nitrogens with zero attached hydrogens (tertiary/aromatic N) is 2. The number of aromatic amines is 1. The quantitative estimate of drug-likeness (QED) is 0.855. The molecule has 2 N–H and O–H groups in total. The van der Waals surface area contributed by atoms with E-state index in [9.17, 15) is 8.60 Å². The third kappa shape index (κ3) is 4.16. The van der Waals surface area contributed by atoms with Gasteiger partial charge in [0.25, 0.3) is 0 Å². The topological polar surface area (TPSA) is 61.0 Å². The zero-order chi connectivity index (χ0) is 18.0. The van der Waals surface area contributed by atoms with Gasteiger partial charge in [0.1, 0.15) is 5.69 Å². The van der Waals surface area contributed by atoms with E-state index in [1.807, 2.05) is 31.2 Å². The van der Waals surface area contributed by atoms with Gasteiger partial charge >= 0.3 is 0 Å². The smallest absolute Gasteiger partial charge is 0.172 e. The number of halogens is 1. The lowest BCUT2D eigenvalue weighted by molar-refractivity contribution is 0.364. The van der Waals surface area contributed by atoms with Crippen molar-refractivity contribution in [2.75, 3.05) is 14.1 Å². The number of aromatic nitrogens is 2. The van der Waals surface area contributed by atoms with Crippen LogP contribution in [0, 0.1) is 12.7 Å². The SMILES string of the molecule is Cc1ccc(-c2n[nH]c(C3CCC(NS(=O)N(C)C)CC3)c2F)cc1. The number of hydrogen-bond donors (Lipinski definition) is 2. The molecule has 1 unspecified atom stereocenters. The van der Waals surface area contributed by atoms with Gasteiger partial charge in [-0.05, 0) is 32.6 Å². The molecule has 25 heavy (non-hydrogen) atoms. The minimum absolute atomic E-state index is 0.137. The van der Waals surface area contributed by atoms with Crippen LogP contribution in [-0.4, -0.2) is 38.8 Å². The van der Waals surface area contributed by atoms with E-state index >= 15 is 0 Å². The molecule has 0 amide bonds. The van der Waals surface area contributed by atoms with Gasteiger partial charge in [-0.15, -0.1) is 0 Å². The van der Waals surface area contributed by atoms with Crippen molar-refractivity contribution in [3.05, 3.63) is 41.3 Å². The molecule has 1 aliphatic rings. The van der Waals surface area contributed by atoms with Crippen LogP contribution in [0.15, 0.2) is 24.3 Å². The van der Waals surface area contributed by atoms with Crippen molar-refractivity contribution in [1.82, 2.24) is 19.2 Å². The molecule has 0 aliphatic heterocycles. The first-order chi connectivity index (χ1) is 12.0. The molecule has 1 aliphatic carbocycles. The number of aryl methyl sites for hydroxylation is 1. The maximum atomic E-state index is 14.9. The summed E-state index contributed by atoms with van der Waals surface area (Å²) in [6.07, 6.45) is 3.47. The molecular weight excluding hydrogens is 339 g/mol. The molecule has 0 spiro atoms. The summed E-state index contributed by atoms with van der Waals surface area (Å²) >= 11 is -1.16. The molecule has 0 radical (unpaired) electrons. The number of nitrogens with one attached hydrogen (secondary N) is 2. The minimum Gasteiger partial charge on any atom is -0.279 e. The number of rotatable bonds is 5. The highest BCUT2D eigenvalue weighted by Gasteiger charge is 2.28. The van der Waals surface area contributed by atoms with Crippen LogP contribution < -0.4 is 4.72 Å². The summed E-state index contributed by atoms with van der Waals surface area (Å²) in [4.78, 5) is 0. The lowest BCUT2D eigenvalue weighted by Gasteiger charge is -2.28. The largest absolute Gasteiger partial charge is 0.279 e. The van der Waals surface area contributed by atoms with E-state index in [1.54, 1.807) is 18.4 Å². The fraction of sp³-hybridized carbons (Fsp3) is 0.500. The summed E-state index contributed by atoms with van der Waals surface area (Å²) < 4.78 is 31.5. The maximum Gasteiger partial charge on any atom is 0.172 e. The highest BCUT2D eigenvalue weighted by Crippen LogP contribution is 2.35. The molecular formula is C18H25FN4OS. The normalized spacial score (nSPS) is 22.3. The average Bonchev–Trinajstić information content (AvgIpc) is 2.98. The van der Waals surface area contributed by atoms with E-state index in [1.165, 1.54) is 0 Å². The minimum atomic E-state index is -1.16. The summed E-state index contributed by atoms with van der Waals surface area (Å²) in [5, 5.41) is 7.13. The first kappa shape index (κ1) is 18.2. The fourth-order valence-corrected chi connectivity index (χ4v) is 3.99. The second-order valence-electron chi connectivity index (χ2n) is 6.89. The Kier molecular flexibility index (Phi) is 5.66. The molecule has 1 heterocycles. The van der Waals surface area contributed by atoms with Crippen LogP contribution in [0.25, 0.3) is 11.3 Å². The van der Waals surface area contributed by atoms with Crippen molar-refractivity contribution < 1.29 is 8.60 Å². The summed E-state index contributed by atoms with van der Waals surface area (Å²) in [5.74, 6) is -0.102. The zero-order valence-corrected chi connectivity index (χ0v) is 15.7. The van der Waals surface area contributed by atoms with Gasteiger partial charge in [-0.25, -0.2) is 17.6 Å². The Morgan fingerprint density at radius 1 is 1.20 bits per heavy atom. The van der Waals surface area contributed by atoms with Crippen molar-refractivity contribution >= 4 is 11.2 Å². The predicted octanol–water partition coefficient (Wildman–Crippen LogP) is 3.28. The third-order valence-electron chi connectivity index (χ3n) is 4.79. The van der Waals surface area contributed by atoms with Gasteiger partial charge in [0.05, 0.1) is 5.69 Å². The highest BCUT2D eigenvalue weighted by molar-refractivity contribution is 7.80. The zero-order valence-electron chi connectivity index (χ0n) is 14.9. The van der Waals surface area contributed by atoms with Gasteiger partial charge in [-0.2, -0.15) is 5.10 Å². The Hall–Kier alpha value is -1.57. The standard InChI is InChI=1S/C18H25FN4OS/c1-12-4-6-13(7-5-12)17-16(19)18(21-20-17)14-8-10-15(11-9-14)22-25(24)23(2)3/h4-7,14-15,22H,8-11H2,1-3H3,(H,20,21). The van der Waals surface area contributed by atoms with Crippen LogP contribution in [0.2, 0.25) is 0 Å². The summed E-state index contributed by atoms with van der Waals surface area (Å²) in [7, 11) is 3.56. The Balaban J connectivity index is 1.66. The Morgan fingerprint density at radius 2 is 1.84 bits per heavy atom. The molecule has 2 aromatic rings. The molecule has 1 aromatic carbocycles. The Bertz CT molecular complexity index is 736. The van der Waals surface area contributed by atoms with Crippen LogP contribution in [0.3, 0.4) is 0 Å². The molecule has 0 saturated heterocycles. The van der Waals surface area contributed by atoms with Crippen molar-refractivity contribution in [3.8, 4) is 11.3 Å². The van der Waals surface area contributed by atoms with Crippen LogP contribution >= 0.6 is 0 Å². The molecule has 1 fully saturated rings. The van der Waals surface area contributed by atoms with Crippen molar-refractivity contribution in [2.45, 2.75) is 44.6 Å². The fourth-order valence-electron chi connectivity index (χ4n) is 3.26. The molecule has 1 atom stereocenters. The molecule has 5 nitrogen and oxygen atoms in total. The maximum absolute atomic E-state index is 14.9. The second kappa shape index (κ2) is 7.76. The van der Waals surface area contributed by atoms with E-state index in [0.29, 0.717) is 11.4 Å². The predicted molar refractivity (Wildman–Crippen MR) is 98.7 cm³/mol. The number of hydrogen-bond acceptors (Lipinski definition) is 2. The van der Waals surface area contributed by atoms with Crippen LogP contribution in [0.4, 0.5) is 4.39 Å². The Morgan fingerprint density at radius 3 is 2.44 bits per heavy atom. The van der Waals surface area contributed by atoms with E-state index in [4.69, 9.17) is 0 Å². The van der Waals surface area contributed by atoms with Gasteiger partial charge < -0.3 is 0 Å².